The van der Waals surface area contributed by atoms with Crippen molar-refractivity contribution in [2.24, 2.45) is 5.92 Å². The van der Waals surface area contributed by atoms with Gasteiger partial charge in [0, 0.05) is 0 Å². The average molecular weight is 350 g/mol. The highest BCUT2D eigenvalue weighted by Crippen LogP contribution is 2.52. The smallest absolute Gasteiger partial charge is 0.287 e. The molecule has 23 heavy (non-hydrogen) atoms. The van der Waals surface area contributed by atoms with E-state index in [-0.39, 0.29) is 6.10 Å². The van der Waals surface area contributed by atoms with Crippen LogP contribution in [0.2, 0.25) is 0 Å². The highest BCUT2D eigenvalue weighted by molar-refractivity contribution is 7.48. The maximum Gasteiger partial charge on any atom is 0.475 e. The van der Waals surface area contributed by atoms with Crippen LogP contribution < -0.4 is 0 Å². The second-order valence-corrected chi connectivity index (χ2v) is 7.74. The van der Waals surface area contributed by atoms with E-state index in [1.54, 1.807) is 0 Å². The van der Waals surface area contributed by atoms with Crippen molar-refractivity contribution < 1.29 is 18.1 Å². The van der Waals surface area contributed by atoms with Crippen LogP contribution in [0.25, 0.3) is 0 Å². The molecule has 0 heterocycles. The third-order valence-electron chi connectivity index (χ3n) is 4.06. The first kappa shape index (κ1) is 23.1. The van der Waals surface area contributed by atoms with Crippen LogP contribution in [-0.4, -0.2) is 19.3 Å². The van der Waals surface area contributed by atoms with E-state index in [1.807, 2.05) is 13.8 Å². The summed E-state index contributed by atoms with van der Waals surface area (Å²) in [4.78, 5) is 0. The Morgan fingerprint density at radius 3 is 1.57 bits per heavy atom. The summed E-state index contributed by atoms with van der Waals surface area (Å²) in [5.74, 6) is 0.440. The lowest BCUT2D eigenvalue weighted by Gasteiger charge is -2.30. The fourth-order valence-electron chi connectivity index (χ4n) is 2.81. The molecule has 1 unspecified atom stereocenters. The monoisotopic (exact) mass is 350 g/mol. The Kier molecular flexibility index (Phi) is 14.5. The highest BCUT2D eigenvalue weighted by Gasteiger charge is 2.33. The van der Waals surface area contributed by atoms with E-state index >= 15 is 0 Å². The van der Waals surface area contributed by atoms with Crippen LogP contribution in [0.3, 0.4) is 0 Å². The zero-order valence-electron chi connectivity index (χ0n) is 16.0. The van der Waals surface area contributed by atoms with E-state index in [0.717, 1.165) is 32.1 Å². The van der Waals surface area contributed by atoms with Gasteiger partial charge in [-0.2, -0.15) is 0 Å². The minimum Gasteiger partial charge on any atom is -0.287 e. The molecule has 0 aromatic heterocycles. The van der Waals surface area contributed by atoms with Gasteiger partial charge in [0.15, 0.2) is 0 Å². The largest absolute Gasteiger partial charge is 0.475 e. The second kappa shape index (κ2) is 14.5. The number of unbranched alkanes of at least 4 members (excludes halogenated alkanes) is 3. The third-order valence-corrected chi connectivity index (χ3v) is 5.74. The molecular formula is C18H39O4P. The van der Waals surface area contributed by atoms with Crippen LogP contribution in [0, 0.1) is 5.92 Å². The summed E-state index contributed by atoms with van der Waals surface area (Å²) in [6.45, 7) is 10.9. The lowest BCUT2D eigenvalue weighted by Crippen LogP contribution is -2.24. The molecule has 0 saturated heterocycles. The molecular weight excluding hydrogens is 311 g/mol. The first-order valence-corrected chi connectivity index (χ1v) is 11.1. The van der Waals surface area contributed by atoms with Gasteiger partial charge in [-0.1, -0.05) is 59.3 Å². The minimum atomic E-state index is -3.43. The molecule has 0 aliphatic heterocycles. The SMILES string of the molecule is CCCCC(CCCC)C(CCCC)OP(=O)(OCC)OCC. The highest BCUT2D eigenvalue weighted by atomic mass is 31.2. The Balaban J connectivity index is 5.03. The lowest BCUT2D eigenvalue weighted by atomic mass is 9.88. The molecule has 0 amide bonds. The van der Waals surface area contributed by atoms with E-state index in [2.05, 4.69) is 20.8 Å². The molecule has 0 aliphatic carbocycles. The van der Waals surface area contributed by atoms with Crippen molar-refractivity contribution in [3.8, 4) is 0 Å². The first-order chi connectivity index (χ1) is 11.1. The molecule has 0 saturated carbocycles. The minimum absolute atomic E-state index is 0.0306. The van der Waals surface area contributed by atoms with Crippen molar-refractivity contribution >= 4 is 7.82 Å². The molecule has 4 nitrogen and oxygen atoms in total. The molecule has 5 heteroatoms. The van der Waals surface area contributed by atoms with Crippen molar-refractivity contribution in [1.29, 1.82) is 0 Å². The molecule has 0 spiro atoms. The van der Waals surface area contributed by atoms with Gasteiger partial charge in [-0.25, -0.2) is 4.57 Å². The molecule has 0 aromatic carbocycles. The van der Waals surface area contributed by atoms with Crippen LogP contribution in [0.5, 0.6) is 0 Å². The van der Waals surface area contributed by atoms with Crippen LogP contribution in [-0.2, 0) is 18.1 Å². The van der Waals surface area contributed by atoms with Crippen molar-refractivity contribution in [2.45, 2.75) is 98.5 Å². The van der Waals surface area contributed by atoms with E-state index in [4.69, 9.17) is 13.6 Å². The number of phosphoric ester groups is 1. The molecule has 0 bridgehead atoms. The summed E-state index contributed by atoms with van der Waals surface area (Å²) in [6.07, 6.45) is 10.1. The zero-order chi connectivity index (χ0) is 17.6. The summed E-state index contributed by atoms with van der Waals surface area (Å²) < 4.78 is 29.5. The standard InChI is InChI=1S/C18H39O4P/c1-6-11-14-17(15-12-7-2)18(16-13-8-3)22-23(19,20-9-4)21-10-5/h17-18H,6-16H2,1-5H3. The molecule has 140 valence electrons. The Hall–Kier alpha value is 0.110. The van der Waals surface area contributed by atoms with Crippen molar-refractivity contribution in [2.75, 3.05) is 13.2 Å². The number of hydrogen-bond acceptors (Lipinski definition) is 4. The fourth-order valence-corrected chi connectivity index (χ4v) is 4.25. The summed E-state index contributed by atoms with van der Waals surface area (Å²) in [5.41, 5.74) is 0. The molecule has 1 atom stereocenters. The van der Waals surface area contributed by atoms with Crippen LogP contribution in [0.15, 0.2) is 0 Å². The van der Waals surface area contributed by atoms with Gasteiger partial charge in [-0.3, -0.25) is 13.6 Å². The van der Waals surface area contributed by atoms with Crippen LogP contribution in [0.4, 0.5) is 0 Å². The third kappa shape index (κ3) is 10.6. The molecule has 0 aromatic rings. The Morgan fingerprint density at radius 2 is 1.17 bits per heavy atom. The van der Waals surface area contributed by atoms with E-state index < -0.39 is 7.82 Å². The Labute approximate surface area is 144 Å². The van der Waals surface area contributed by atoms with Gasteiger partial charge in [-0.15, -0.1) is 0 Å². The molecule has 0 aliphatic rings. The van der Waals surface area contributed by atoms with Crippen LogP contribution >= 0.6 is 7.82 Å². The van der Waals surface area contributed by atoms with Crippen molar-refractivity contribution in [3.63, 3.8) is 0 Å². The molecule has 0 rings (SSSR count). The maximum atomic E-state index is 12.8. The van der Waals surface area contributed by atoms with E-state index in [9.17, 15) is 4.57 Å². The second-order valence-electron chi connectivity index (χ2n) is 6.11. The Bertz CT molecular complexity index is 291. The van der Waals surface area contributed by atoms with Gasteiger partial charge >= 0.3 is 7.82 Å². The maximum absolute atomic E-state index is 12.8. The van der Waals surface area contributed by atoms with Gasteiger partial charge < -0.3 is 0 Å². The van der Waals surface area contributed by atoms with Gasteiger partial charge in [0.1, 0.15) is 0 Å². The van der Waals surface area contributed by atoms with E-state index in [1.165, 1.54) is 25.7 Å². The molecule has 0 N–H and O–H groups in total. The number of rotatable bonds is 16. The van der Waals surface area contributed by atoms with Gasteiger partial charge in [0.2, 0.25) is 0 Å². The van der Waals surface area contributed by atoms with Crippen LogP contribution in [0.1, 0.15) is 92.4 Å². The van der Waals surface area contributed by atoms with E-state index in [0.29, 0.717) is 19.1 Å². The molecule has 0 radical (unpaired) electrons. The Morgan fingerprint density at radius 1 is 0.739 bits per heavy atom. The summed E-state index contributed by atoms with van der Waals surface area (Å²) >= 11 is 0. The van der Waals surface area contributed by atoms with Gasteiger partial charge in [0.05, 0.1) is 19.3 Å². The quantitative estimate of drug-likeness (QED) is 0.289. The first-order valence-electron chi connectivity index (χ1n) is 9.64. The summed E-state index contributed by atoms with van der Waals surface area (Å²) in [6, 6.07) is 0. The fraction of sp³-hybridized carbons (Fsp3) is 1.00. The topological polar surface area (TPSA) is 44.8 Å². The van der Waals surface area contributed by atoms with Gasteiger partial charge in [-0.05, 0) is 39.0 Å². The van der Waals surface area contributed by atoms with Crippen molar-refractivity contribution in [3.05, 3.63) is 0 Å². The zero-order valence-corrected chi connectivity index (χ0v) is 16.9. The summed E-state index contributed by atoms with van der Waals surface area (Å²) in [7, 11) is -3.43. The normalized spacial score (nSPS) is 13.7. The van der Waals surface area contributed by atoms with Crippen molar-refractivity contribution in [1.82, 2.24) is 0 Å². The number of phosphoric acid groups is 1. The van der Waals surface area contributed by atoms with Gasteiger partial charge in [0.25, 0.3) is 0 Å². The summed E-state index contributed by atoms with van der Waals surface area (Å²) in [5, 5.41) is 0. The lowest BCUT2D eigenvalue weighted by molar-refractivity contribution is 0.0427. The predicted molar refractivity (Wildman–Crippen MR) is 97.8 cm³/mol. The molecule has 0 fully saturated rings. The predicted octanol–water partition coefficient (Wildman–Crippen LogP) is 6.74. The average Bonchev–Trinajstić information content (AvgIpc) is 2.52. The number of hydrogen-bond donors (Lipinski definition) is 0.